The van der Waals surface area contributed by atoms with E-state index < -0.39 is 6.10 Å². The molecule has 2 N–H and O–H groups in total. The van der Waals surface area contributed by atoms with E-state index in [1.807, 2.05) is 24.3 Å². The van der Waals surface area contributed by atoms with Crippen LogP contribution in [0.4, 0.5) is 5.69 Å². The van der Waals surface area contributed by atoms with Gasteiger partial charge in [0.1, 0.15) is 5.75 Å². The lowest BCUT2D eigenvalue weighted by Gasteiger charge is -2.22. The lowest BCUT2D eigenvalue weighted by atomic mass is 10.1. The first kappa shape index (κ1) is 20.6. The van der Waals surface area contributed by atoms with E-state index in [0.29, 0.717) is 6.42 Å². The number of rotatable bonds is 7. The summed E-state index contributed by atoms with van der Waals surface area (Å²) in [6, 6.07) is 7.56. The number of nitrogens with zero attached hydrogens (tertiary/aromatic N) is 1. The maximum Gasteiger partial charge on any atom is 0.267 e. The standard InChI is InChI=1S/C21H29N3O3S/c1-3-4-5-12-26-17-8-6-16(7-9-17)22-21(28)23-20(25)19-13-15-14-24(2)11-10-18(15)27-19/h6-9,19H,3-5,10-14H2,1-2H3,(H2,22,23,25,28). The number of carbonyl (C=O) groups is 1. The van der Waals surface area contributed by atoms with Crippen molar-refractivity contribution in [3.8, 4) is 5.75 Å². The predicted molar refractivity (Wildman–Crippen MR) is 114 cm³/mol. The average molecular weight is 404 g/mol. The number of benzene rings is 1. The number of amides is 1. The van der Waals surface area contributed by atoms with Gasteiger partial charge in [0.25, 0.3) is 5.91 Å². The molecule has 6 nitrogen and oxygen atoms in total. The fraction of sp³-hybridized carbons (Fsp3) is 0.524. The first-order valence-corrected chi connectivity index (χ1v) is 10.4. The van der Waals surface area contributed by atoms with Gasteiger partial charge in [0.05, 0.1) is 12.4 Å². The molecule has 3 rings (SSSR count). The van der Waals surface area contributed by atoms with E-state index >= 15 is 0 Å². The van der Waals surface area contributed by atoms with Crippen LogP contribution in [0.1, 0.15) is 39.0 Å². The minimum Gasteiger partial charge on any atom is -0.494 e. The fourth-order valence-corrected chi connectivity index (χ4v) is 3.62. The first-order valence-electron chi connectivity index (χ1n) is 9.96. The summed E-state index contributed by atoms with van der Waals surface area (Å²) in [5.41, 5.74) is 2.03. The van der Waals surface area contributed by atoms with Crippen LogP contribution in [0.2, 0.25) is 0 Å². The van der Waals surface area contributed by atoms with E-state index in [2.05, 4.69) is 29.5 Å². The summed E-state index contributed by atoms with van der Waals surface area (Å²) < 4.78 is 11.5. The Morgan fingerprint density at radius 2 is 2.11 bits per heavy atom. The molecule has 0 spiro atoms. The van der Waals surface area contributed by atoms with Crippen molar-refractivity contribution < 1.29 is 14.3 Å². The molecule has 7 heteroatoms. The molecule has 2 heterocycles. The summed E-state index contributed by atoms with van der Waals surface area (Å²) in [7, 11) is 2.08. The van der Waals surface area contributed by atoms with E-state index in [4.69, 9.17) is 21.7 Å². The molecule has 0 fully saturated rings. The highest BCUT2D eigenvalue weighted by molar-refractivity contribution is 7.80. The van der Waals surface area contributed by atoms with Gasteiger partial charge in [-0.1, -0.05) is 19.8 Å². The van der Waals surface area contributed by atoms with Gasteiger partial charge in [-0.3, -0.25) is 10.1 Å². The van der Waals surface area contributed by atoms with Crippen LogP contribution < -0.4 is 15.4 Å². The second-order valence-electron chi connectivity index (χ2n) is 7.35. The number of nitrogens with one attached hydrogen (secondary N) is 2. The van der Waals surface area contributed by atoms with E-state index in [1.165, 1.54) is 18.4 Å². The van der Waals surface area contributed by atoms with Gasteiger partial charge in [0, 0.05) is 31.6 Å². The van der Waals surface area contributed by atoms with Crippen LogP contribution in [-0.2, 0) is 9.53 Å². The monoisotopic (exact) mass is 403 g/mol. The Bertz CT molecular complexity index is 733. The molecule has 1 aromatic carbocycles. The Hall–Kier alpha value is -2.12. The molecular formula is C21H29N3O3S. The van der Waals surface area contributed by atoms with Crippen molar-refractivity contribution in [2.75, 3.05) is 32.1 Å². The van der Waals surface area contributed by atoms with Crippen molar-refractivity contribution in [1.29, 1.82) is 0 Å². The maximum atomic E-state index is 12.5. The third-order valence-corrected chi connectivity index (χ3v) is 5.15. The molecule has 2 aliphatic heterocycles. The summed E-state index contributed by atoms with van der Waals surface area (Å²) in [5.74, 6) is 1.61. The van der Waals surface area contributed by atoms with Gasteiger partial charge < -0.3 is 19.7 Å². The van der Waals surface area contributed by atoms with Gasteiger partial charge in [-0.05, 0) is 55.5 Å². The third-order valence-electron chi connectivity index (χ3n) is 4.95. The van der Waals surface area contributed by atoms with Crippen molar-refractivity contribution in [2.45, 2.75) is 45.1 Å². The molecule has 0 radical (unpaired) electrons. The van der Waals surface area contributed by atoms with Gasteiger partial charge in [0.2, 0.25) is 0 Å². The number of hydrogen-bond acceptors (Lipinski definition) is 5. The number of carbonyl (C=O) groups excluding carboxylic acids is 1. The topological polar surface area (TPSA) is 62.8 Å². The SMILES string of the molecule is CCCCCOc1ccc(NC(=S)NC(=O)C2CC3=C(CCN(C)C3)O2)cc1. The van der Waals surface area contributed by atoms with Crippen LogP contribution in [0.25, 0.3) is 0 Å². The minimum absolute atomic E-state index is 0.203. The number of anilines is 1. The zero-order valence-electron chi connectivity index (χ0n) is 16.6. The molecule has 152 valence electrons. The van der Waals surface area contributed by atoms with Crippen LogP contribution >= 0.6 is 12.2 Å². The molecule has 1 amide bonds. The minimum atomic E-state index is -0.491. The molecule has 0 saturated heterocycles. The molecule has 1 atom stereocenters. The van der Waals surface area contributed by atoms with Gasteiger partial charge in [-0.25, -0.2) is 0 Å². The van der Waals surface area contributed by atoms with E-state index in [1.54, 1.807) is 0 Å². The summed E-state index contributed by atoms with van der Waals surface area (Å²) >= 11 is 5.27. The highest BCUT2D eigenvalue weighted by atomic mass is 32.1. The Labute approximate surface area is 172 Å². The highest BCUT2D eigenvalue weighted by Crippen LogP contribution is 2.31. The maximum absolute atomic E-state index is 12.5. The molecular weight excluding hydrogens is 374 g/mol. The van der Waals surface area contributed by atoms with E-state index in [0.717, 1.165) is 49.7 Å². The molecule has 0 aliphatic carbocycles. The van der Waals surface area contributed by atoms with Crippen molar-refractivity contribution in [1.82, 2.24) is 10.2 Å². The zero-order chi connectivity index (χ0) is 19.9. The van der Waals surface area contributed by atoms with Gasteiger partial charge >= 0.3 is 0 Å². The molecule has 1 aromatic rings. The average Bonchev–Trinajstić information content (AvgIpc) is 3.10. The molecule has 2 aliphatic rings. The zero-order valence-corrected chi connectivity index (χ0v) is 17.4. The summed E-state index contributed by atoms with van der Waals surface area (Å²) in [5, 5.41) is 6.05. The van der Waals surface area contributed by atoms with Gasteiger partial charge in [0.15, 0.2) is 11.2 Å². The molecule has 28 heavy (non-hydrogen) atoms. The quantitative estimate of drug-likeness (QED) is 0.537. The number of thiocarbonyl (C=S) groups is 1. The smallest absolute Gasteiger partial charge is 0.267 e. The van der Waals surface area contributed by atoms with Crippen LogP contribution in [0, 0.1) is 0 Å². The molecule has 0 bridgehead atoms. The van der Waals surface area contributed by atoms with E-state index in [9.17, 15) is 4.79 Å². The lowest BCUT2D eigenvalue weighted by Crippen LogP contribution is -2.40. The number of unbranched alkanes of at least 4 members (excludes halogenated alkanes) is 2. The molecule has 0 saturated carbocycles. The number of hydrogen-bond donors (Lipinski definition) is 2. The molecule has 1 unspecified atom stereocenters. The molecule has 0 aromatic heterocycles. The lowest BCUT2D eigenvalue weighted by molar-refractivity contribution is -0.127. The Kier molecular flexibility index (Phi) is 7.28. The van der Waals surface area contributed by atoms with Gasteiger partial charge in [-0.2, -0.15) is 0 Å². The van der Waals surface area contributed by atoms with Crippen molar-refractivity contribution in [2.24, 2.45) is 0 Å². The number of ether oxygens (including phenoxy) is 2. The van der Waals surface area contributed by atoms with Crippen molar-refractivity contribution >= 4 is 28.9 Å². The largest absolute Gasteiger partial charge is 0.494 e. The van der Waals surface area contributed by atoms with Crippen LogP contribution in [0.5, 0.6) is 5.75 Å². The third kappa shape index (κ3) is 5.69. The Balaban J connectivity index is 1.42. The second kappa shape index (κ2) is 9.89. The predicted octanol–water partition coefficient (Wildman–Crippen LogP) is 3.45. The number of likely N-dealkylation sites (N-methyl/N-ethyl adjacent to an activating group) is 1. The summed E-state index contributed by atoms with van der Waals surface area (Å²) in [6.45, 7) is 4.73. The van der Waals surface area contributed by atoms with Gasteiger partial charge in [-0.15, -0.1) is 0 Å². The summed E-state index contributed by atoms with van der Waals surface area (Å²) in [6.07, 6.45) is 4.42. The van der Waals surface area contributed by atoms with Crippen LogP contribution in [-0.4, -0.2) is 48.8 Å². The normalized spacial score (nSPS) is 19.0. The van der Waals surface area contributed by atoms with Crippen LogP contribution in [0.3, 0.4) is 0 Å². The van der Waals surface area contributed by atoms with E-state index in [-0.39, 0.29) is 11.0 Å². The summed E-state index contributed by atoms with van der Waals surface area (Å²) in [4.78, 5) is 14.7. The highest BCUT2D eigenvalue weighted by Gasteiger charge is 2.33. The van der Waals surface area contributed by atoms with Crippen molar-refractivity contribution in [3.05, 3.63) is 35.6 Å². The second-order valence-corrected chi connectivity index (χ2v) is 7.76. The van der Waals surface area contributed by atoms with Crippen LogP contribution in [0.15, 0.2) is 35.6 Å². The van der Waals surface area contributed by atoms with Crippen molar-refractivity contribution in [3.63, 3.8) is 0 Å². The first-order chi connectivity index (χ1) is 13.5. The Morgan fingerprint density at radius 1 is 1.32 bits per heavy atom. The Morgan fingerprint density at radius 3 is 2.86 bits per heavy atom. The fourth-order valence-electron chi connectivity index (χ4n) is 3.40.